The summed E-state index contributed by atoms with van der Waals surface area (Å²) in [5.74, 6) is 1.35. The number of unbranched alkanes of at least 4 members (excludes halogenated alkanes) is 2. The lowest BCUT2D eigenvalue weighted by molar-refractivity contribution is 0.160. The van der Waals surface area contributed by atoms with Crippen LogP contribution < -0.4 is 4.74 Å². The van der Waals surface area contributed by atoms with E-state index in [-0.39, 0.29) is 30.6 Å². The van der Waals surface area contributed by atoms with Crippen molar-refractivity contribution in [2.75, 3.05) is 45.9 Å². The molecule has 2 saturated heterocycles. The van der Waals surface area contributed by atoms with Crippen molar-refractivity contribution in [1.29, 1.82) is 0 Å². The van der Waals surface area contributed by atoms with Gasteiger partial charge in [-0.3, -0.25) is 0 Å². The first kappa shape index (κ1) is 26.5. The van der Waals surface area contributed by atoms with E-state index in [2.05, 4.69) is 9.80 Å². The van der Waals surface area contributed by atoms with Crippen LogP contribution in [0.1, 0.15) is 57.8 Å². The second-order valence-electron chi connectivity index (χ2n) is 8.34. The molecule has 2 aliphatic heterocycles. The van der Waals surface area contributed by atoms with Gasteiger partial charge in [-0.1, -0.05) is 12.8 Å². The molecule has 168 valence electrons. The van der Waals surface area contributed by atoms with Gasteiger partial charge in [-0.15, -0.1) is 24.8 Å². The molecule has 0 amide bonds. The standard InChI is InChI=1S/C23H37FN2O.2ClH/c24-22-7-9-23(10-8-22)27-20-13-21-11-18-26(19-12-21)17-6-2-5-16-25-14-3-1-4-15-25;;/h7-10,21H,1-6,11-20H2;2*1H. The molecule has 2 aliphatic rings. The third-order valence-electron chi connectivity index (χ3n) is 6.21. The molecule has 0 radical (unpaired) electrons. The van der Waals surface area contributed by atoms with Gasteiger partial charge in [0.05, 0.1) is 6.61 Å². The Kier molecular flexibility index (Phi) is 14.0. The smallest absolute Gasteiger partial charge is 0.123 e. The van der Waals surface area contributed by atoms with Gasteiger partial charge in [0.25, 0.3) is 0 Å². The number of piperidine rings is 2. The van der Waals surface area contributed by atoms with E-state index in [1.807, 2.05) is 0 Å². The number of halogens is 3. The van der Waals surface area contributed by atoms with Crippen molar-refractivity contribution < 1.29 is 9.13 Å². The third-order valence-corrected chi connectivity index (χ3v) is 6.21. The van der Waals surface area contributed by atoms with Crippen LogP contribution in [0.25, 0.3) is 0 Å². The van der Waals surface area contributed by atoms with E-state index < -0.39 is 0 Å². The van der Waals surface area contributed by atoms with Gasteiger partial charge >= 0.3 is 0 Å². The highest BCUT2D eigenvalue weighted by Crippen LogP contribution is 2.22. The number of hydrogen-bond donors (Lipinski definition) is 0. The summed E-state index contributed by atoms with van der Waals surface area (Å²) < 4.78 is 18.6. The van der Waals surface area contributed by atoms with Crippen LogP contribution in [0.2, 0.25) is 0 Å². The molecule has 6 heteroatoms. The van der Waals surface area contributed by atoms with E-state index in [9.17, 15) is 4.39 Å². The Labute approximate surface area is 189 Å². The van der Waals surface area contributed by atoms with E-state index in [0.717, 1.165) is 24.7 Å². The summed E-state index contributed by atoms with van der Waals surface area (Å²) in [6, 6.07) is 6.34. The quantitative estimate of drug-likeness (QED) is 0.420. The molecule has 0 bridgehead atoms. The fourth-order valence-corrected chi connectivity index (χ4v) is 4.40. The lowest BCUT2D eigenvalue weighted by Crippen LogP contribution is -2.35. The fourth-order valence-electron chi connectivity index (χ4n) is 4.40. The summed E-state index contributed by atoms with van der Waals surface area (Å²) >= 11 is 0. The Hall–Kier alpha value is -0.550. The van der Waals surface area contributed by atoms with Gasteiger partial charge in [0.1, 0.15) is 11.6 Å². The summed E-state index contributed by atoms with van der Waals surface area (Å²) in [6.45, 7) is 8.49. The molecule has 0 unspecified atom stereocenters. The molecule has 0 aromatic heterocycles. The van der Waals surface area contributed by atoms with E-state index >= 15 is 0 Å². The largest absolute Gasteiger partial charge is 0.494 e. The molecule has 29 heavy (non-hydrogen) atoms. The van der Waals surface area contributed by atoms with Gasteiger partial charge in [-0.2, -0.15) is 0 Å². The van der Waals surface area contributed by atoms with Crippen molar-refractivity contribution in [1.82, 2.24) is 9.80 Å². The molecule has 2 heterocycles. The summed E-state index contributed by atoms with van der Waals surface area (Å²) in [4.78, 5) is 5.31. The molecule has 0 aliphatic carbocycles. The van der Waals surface area contributed by atoms with Crippen LogP contribution in [0.3, 0.4) is 0 Å². The molecule has 3 nitrogen and oxygen atoms in total. The Morgan fingerprint density at radius 3 is 2.00 bits per heavy atom. The predicted molar refractivity (Wildman–Crippen MR) is 124 cm³/mol. The minimum atomic E-state index is -0.207. The minimum Gasteiger partial charge on any atom is -0.494 e. The molecule has 1 aromatic rings. The SMILES string of the molecule is Cl.Cl.Fc1ccc(OCCC2CCN(CCCCCN3CCCCC3)CC2)cc1. The first-order chi connectivity index (χ1) is 13.3. The molecule has 0 N–H and O–H groups in total. The van der Waals surface area contributed by atoms with Crippen LogP contribution in [0.5, 0.6) is 5.75 Å². The van der Waals surface area contributed by atoms with Crippen molar-refractivity contribution in [3.63, 3.8) is 0 Å². The number of hydrogen-bond acceptors (Lipinski definition) is 3. The summed E-state index contributed by atoms with van der Waals surface area (Å²) in [6.07, 6.45) is 12.0. The van der Waals surface area contributed by atoms with Crippen molar-refractivity contribution in [2.24, 2.45) is 5.92 Å². The topological polar surface area (TPSA) is 15.7 Å². The zero-order valence-electron chi connectivity index (χ0n) is 17.7. The molecular weight excluding hydrogens is 410 g/mol. The maximum absolute atomic E-state index is 12.9. The van der Waals surface area contributed by atoms with Crippen LogP contribution in [-0.2, 0) is 0 Å². The lowest BCUT2D eigenvalue weighted by atomic mass is 9.94. The highest BCUT2D eigenvalue weighted by Gasteiger charge is 2.18. The van der Waals surface area contributed by atoms with E-state index in [1.54, 1.807) is 12.1 Å². The second kappa shape index (κ2) is 15.3. The average molecular weight is 449 g/mol. The second-order valence-corrected chi connectivity index (χ2v) is 8.34. The molecule has 1 aromatic carbocycles. The van der Waals surface area contributed by atoms with Crippen molar-refractivity contribution in [3.05, 3.63) is 30.1 Å². The Balaban J connectivity index is 0.00000210. The van der Waals surface area contributed by atoms with Gasteiger partial charge in [-0.25, -0.2) is 4.39 Å². The normalized spacial score (nSPS) is 18.7. The van der Waals surface area contributed by atoms with Gasteiger partial charge in [0, 0.05) is 0 Å². The van der Waals surface area contributed by atoms with Gasteiger partial charge in [0.15, 0.2) is 0 Å². The van der Waals surface area contributed by atoms with E-state index in [4.69, 9.17) is 4.74 Å². The first-order valence-corrected chi connectivity index (χ1v) is 11.1. The highest BCUT2D eigenvalue weighted by molar-refractivity contribution is 5.85. The van der Waals surface area contributed by atoms with Crippen LogP contribution in [0.15, 0.2) is 24.3 Å². The van der Waals surface area contributed by atoms with Crippen LogP contribution in [-0.4, -0.2) is 55.7 Å². The van der Waals surface area contributed by atoms with Crippen molar-refractivity contribution in [3.8, 4) is 5.75 Å². The molecule has 0 spiro atoms. The van der Waals surface area contributed by atoms with Crippen LogP contribution in [0, 0.1) is 11.7 Å². The minimum absolute atomic E-state index is 0. The molecule has 0 saturated carbocycles. The fraction of sp³-hybridized carbons (Fsp3) is 0.739. The van der Waals surface area contributed by atoms with Gasteiger partial charge in [-0.05, 0) is 114 Å². The number of rotatable bonds is 10. The summed E-state index contributed by atoms with van der Waals surface area (Å²) in [5, 5.41) is 0. The maximum atomic E-state index is 12.9. The van der Waals surface area contributed by atoms with Crippen LogP contribution in [0.4, 0.5) is 4.39 Å². The zero-order chi connectivity index (χ0) is 18.7. The number of nitrogens with zero attached hydrogens (tertiary/aromatic N) is 2. The number of ether oxygens (including phenoxy) is 1. The van der Waals surface area contributed by atoms with Gasteiger partial charge < -0.3 is 14.5 Å². The maximum Gasteiger partial charge on any atom is 0.123 e. The Bertz CT molecular complexity index is 518. The van der Waals surface area contributed by atoms with Crippen LogP contribution >= 0.6 is 24.8 Å². The summed E-state index contributed by atoms with van der Waals surface area (Å²) in [7, 11) is 0. The first-order valence-electron chi connectivity index (χ1n) is 11.1. The third kappa shape index (κ3) is 10.3. The lowest BCUT2D eigenvalue weighted by Gasteiger charge is -2.32. The van der Waals surface area contributed by atoms with E-state index in [1.165, 1.54) is 103 Å². The molecule has 0 atom stereocenters. The monoisotopic (exact) mass is 448 g/mol. The zero-order valence-corrected chi connectivity index (χ0v) is 19.3. The average Bonchev–Trinajstić information content (AvgIpc) is 2.71. The molecule has 3 rings (SSSR count). The molecule has 2 fully saturated rings. The van der Waals surface area contributed by atoms with Crippen molar-refractivity contribution in [2.45, 2.75) is 57.8 Å². The predicted octanol–water partition coefficient (Wildman–Crippen LogP) is 5.81. The Morgan fingerprint density at radius 2 is 1.38 bits per heavy atom. The Morgan fingerprint density at radius 1 is 0.793 bits per heavy atom. The number of benzene rings is 1. The van der Waals surface area contributed by atoms with E-state index in [0.29, 0.717) is 0 Å². The number of likely N-dealkylation sites (tertiary alicyclic amines) is 2. The highest BCUT2D eigenvalue weighted by atomic mass is 35.5. The summed E-state index contributed by atoms with van der Waals surface area (Å²) in [5.41, 5.74) is 0. The van der Waals surface area contributed by atoms with Gasteiger partial charge in [0.2, 0.25) is 0 Å². The molecular formula is C23H39Cl2FN2O. The van der Waals surface area contributed by atoms with Crippen molar-refractivity contribution >= 4 is 24.8 Å².